The Morgan fingerprint density at radius 2 is 1.40 bits per heavy atom. The van der Waals surface area contributed by atoms with Crippen LogP contribution in [0.2, 0.25) is 18.1 Å². The molecular formula is C33H50O6Si. The number of hydrogen-bond acceptors (Lipinski definition) is 6. The van der Waals surface area contributed by atoms with Crippen molar-refractivity contribution in [3.8, 4) is 0 Å². The number of rotatable bonds is 10. The van der Waals surface area contributed by atoms with Gasteiger partial charge < -0.3 is 29.2 Å². The van der Waals surface area contributed by atoms with Crippen LogP contribution in [0, 0.1) is 5.92 Å². The minimum atomic E-state index is -2.36. The summed E-state index contributed by atoms with van der Waals surface area (Å²) >= 11 is 0. The van der Waals surface area contributed by atoms with E-state index in [1.807, 2.05) is 67.6 Å². The van der Waals surface area contributed by atoms with Crippen LogP contribution in [-0.4, -0.2) is 59.3 Å². The number of hydrogen-bond donors (Lipinski definition) is 3. The van der Waals surface area contributed by atoms with Crippen LogP contribution in [0.4, 0.5) is 0 Å². The van der Waals surface area contributed by atoms with Gasteiger partial charge in [-0.2, -0.15) is 0 Å². The van der Waals surface area contributed by atoms with E-state index in [2.05, 4.69) is 33.9 Å². The van der Waals surface area contributed by atoms with E-state index in [0.717, 1.165) is 17.5 Å². The van der Waals surface area contributed by atoms with Gasteiger partial charge in [0.15, 0.2) is 8.32 Å². The fourth-order valence-corrected chi connectivity index (χ4v) is 7.81. The Labute approximate surface area is 241 Å². The molecular weight excluding hydrogens is 520 g/mol. The number of aliphatic hydroxyl groups is 3. The molecule has 7 heteroatoms. The molecule has 0 saturated heterocycles. The van der Waals surface area contributed by atoms with Crippen LogP contribution in [0.5, 0.6) is 0 Å². The molecule has 0 unspecified atom stereocenters. The molecule has 3 N–H and O–H groups in total. The average molecular weight is 571 g/mol. The molecule has 0 radical (unpaired) electrons. The maximum atomic E-state index is 12.6. The van der Waals surface area contributed by atoms with Gasteiger partial charge in [-0.25, -0.2) is 0 Å². The Morgan fingerprint density at radius 1 is 0.850 bits per heavy atom. The molecule has 7 atom stereocenters. The molecule has 222 valence electrons. The quantitative estimate of drug-likeness (QED) is 0.305. The molecule has 0 spiro atoms. The third-order valence-corrected chi connectivity index (χ3v) is 14.1. The summed E-state index contributed by atoms with van der Waals surface area (Å²) in [6, 6.07) is 19.8. The monoisotopic (exact) mass is 570 g/mol. The van der Waals surface area contributed by atoms with E-state index in [1.165, 1.54) is 0 Å². The van der Waals surface area contributed by atoms with Crippen molar-refractivity contribution in [2.75, 3.05) is 0 Å². The zero-order chi connectivity index (χ0) is 29.2. The lowest BCUT2D eigenvalue weighted by molar-refractivity contribution is -0.345. The van der Waals surface area contributed by atoms with E-state index in [9.17, 15) is 15.3 Å². The Balaban J connectivity index is 1.83. The van der Waals surface area contributed by atoms with E-state index in [1.54, 1.807) is 0 Å². The maximum absolute atomic E-state index is 12.6. The number of aliphatic hydroxyl groups excluding tert-OH is 1. The first kappa shape index (κ1) is 31.4. The third kappa shape index (κ3) is 5.98. The molecule has 2 fully saturated rings. The SMILES string of the molecule is CCC[C@@]1(O)[C@H](OCc2ccccc2)[C@@H](OCc2ccccc2)[C@H](O[Si](C)(C)C(C)(C)C)[C@@H]2CCC[C@@H](O)[C@@]21O. The smallest absolute Gasteiger partial charge is 0.192 e. The van der Waals surface area contributed by atoms with Gasteiger partial charge in [-0.15, -0.1) is 0 Å². The highest BCUT2D eigenvalue weighted by molar-refractivity contribution is 6.74. The number of benzene rings is 2. The van der Waals surface area contributed by atoms with E-state index in [4.69, 9.17) is 13.9 Å². The second-order valence-corrected chi connectivity index (χ2v) is 18.1. The highest BCUT2D eigenvalue weighted by Gasteiger charge is 2.71. The van der Waals surface area contributed by atoms with Gasteiger partial charge in [-0.3, -0.25) is 0 Å². The van der Waals surface area contributed by atoms with E-state index < -0.39 is 49.9 Å². The van der Waals surface area contributed by atoms with E-state index in [0.29, 0.717) is 25.9 Å². The normalized spacial score (nSPS) is 33.0. The van der Waals surface area contributed by atoms with Gasteiger partial charge in [0.25, 0.3) is 0 Å². The van der Waals surface area contributed by atoms with Gasteiger partial charge >= 0.3 is 0 Å². The molecule has 2 aliphatic carbocycles. The van der Waals surface area contributed by atoms with Crippen LogP contribution in [-0.2, 0) is 27.1 Å². The standard InChI is InChI=1S/C33H50O6Si/c1-7-21-32(35)30(38-23-25-17-12-9-13-18-25)29(37-22-24-15-10-8-11-16-24)28(39-40(5,6)31(2,3)4)26-19-14-20-27(34)33(26,32)36/h8-13,15-18,26-30,34-36H,7,14,19-23H2,1-6H3/t26-,27+,28+,29-,30+,32+,33-/m0/s1. The molecule has 0 amide bonds. The Morgan fingerprint density at radius 3 is 1.93 bits per heavy atom. The van der Waals surface area contributed by atoms with Gasteiger partial charge in [-0.1, -0.05) is 101 Å². The molecule has 6 nitrogen and oxygen atoms in total. The maximum Gasteiger partial charge on any atom is 0.192 e. The predicted molar refractivity (Wildman–Crippen MR) is 160 cm³/mol. The summed E-state index contributed by atoms with van der Waals surface area (Å²) in [7, 11) is -2.36. The van der Waals surface area contributed by atoms with Gasteiger partial charge in [-0.05, 0) is 48.5 Å². The molecule has 40 heavy (non-hydrogen) atoms. The molecule has 0 aliphatic heterocycles. The first-order chi connectivity index (χ1) is 18.8. The molecule has 2 saturated carbocycles. The fraction of sp³-hybridized carbons (Fsp3) is 0.636. The van der Waals surface area contributed by atoms with Gasteiger partial charge in [0.1, 0.15) is 23.4 Å². The van der Waals surface area contributed by atoms with Gasteiger partial charge in [0.2, 0.25) is 0 Å². The summed E-state index contributed by atoms with van der Waals surface area (Å²) in [6.07, 6.45) is -0.521. The van der Waals surface area contributed by atoms with Crippen molar-refractivity contribution in [3.63, 3.8) is 0 Å². The van der Waals surface area contributed by atoms with Gasteiger partial charge in [0.05, 0.1) is 25.4 Å². The summed E-state index contributed by atoms with van der Waals surface area (Å²) < 4.78 is 20.5. The molecule has 2 aromatic carbocycles. The summed E-state index contributed by atoms with van der Waals surface area (Å²) in [5.74, 6) is -0.501. The topological polar surface area (TPSA) is 88.4 Å². The predicted octanol–water partition coefficient (Wildman–Crippen LogP) is 5.98. The highest BCUT2D eigenvalue weighted by atomic mass is 28.4. The lowest BCUT2D eigenvalue weighted by Gasteiger charge is -2.63. The summed E-state index contributed by atoms with van der Waals surface area (Å²) in [6.45, 7) is 13.5. The molecule has 0 aromatic heterocycles. The molecule has 4 rings (SSSR count). The van der Waals surface area contributed by atoms with Crippen molar-refractivity contribution < 1.29 is 29.2 Å². The molecule has 0 bridgehead atoms. The van der Waals surface area contributed by atoms with Crippen LogP contribution < -0.4 is 0 Å². The van der Waals surface area contributed by atoms with E-state index >= 15 is 0 Å². The van der Waals surface area contributed by atoms with Crippen LogP contribution in [0.1, 0.15) is 70.9 Å². The third-order valence-electron chi connectivity index (χ3n) is 9.67. The number of fused-ring (bicyclic) bond motifs is 1. The van der Waals surface area contributed by atoms with Crippen molar-refractivity contribution in [1.82, 2.24) is 0 Å². The highest BCUT2D eigenvalue weighted by Crippen LogP contribution is 2.55. The lowest BCUT2D eigenvalue weighted by atomic mass is 9.54. The second kappa shape index (κ2) is 12.3. The van der Waals surface area contributed by atoms with Crippen molar-refractivity contribution >= 4 is 8.32 Å². The molecule has 2 aromatic rings. The average Bonchev–Trinajstić information content (AvgIpc) is 2.91. The summed E-state index contributed by atoms with van der Waals surface area (Å²) in [4.78, 5) is 0. The van der Waals surface area contributed by atoms with Crippen LogP contribution in [0.3, 0.4) is 0 Å². The minimum absolute atomic E-state index is 0.0834. The van der Waals surface area contributed by atoms with Crippen LogP contribution >= 0.6 is 0 Å². The molecule has 0 heterocycles. The summed E-state index contributed by atoms with van der Waals surface area (Å²) in [5, 5.41) is 36.5. The number of ether oxygens (including phenoxy) is 2. The van der Waals surface area contributed by atoms with Gasteiger partial charge in [0, 0.05) is 5.92 Å². The zero-order valence-electron chi connectivity index (χ0n) is 25.2. The first-order valence-electron chi connectivity index (χ1n) is 15.0. The van der Waals surface area contributed by atoms with E-state index in [-0.39, 0.29) is 18.1 Å². The van der Waals surface area contributed by atoms with Crippen molar-refractivity contribution in [1.29, 1.82) is 0 Å². The lowest BCUT2D eigenvalue weighted by Crippen LogP contribution is -2.81. The van der Waals surface area contributed by atoms with Crippen molar-refractivity contribution in [2.45, 2.75) is 127 Å². The Bertz CT molecular complexity index is 1070. The minimum Gasteiger partial charge on any atom is -0.411 e. The zero-order valence-corrected chi connectivity index (χ0v) is 26.2. The summed E-state index contributed by atoms with van der Waals surface area (Å²) in [5.41, 5.74) is -1.54. The van der Waals surface area contributed by atoms with Crippen LogP contribution in [0.25, 0.3) is 0 Å². The Hall–Kier alpha value is -1.58. The first-order valence-corrected chi connectivity index (χ1v) is 17.9. The van der Waals surface area contributed by atoms with Crippen molar-refractivity contribution in [3.05, 3.63) is 71.8 Å². The Kier molecular flexibility index (Phi) is 9.67. The van der Waals surface area contributed by atoms with Crippen molar-refractivity contribution in [2.24, 2.45) is 5.92 Å². The second-order valence-electron chi connectivity index (χ2n) is 13.4. The van der Waals surface area contributed by atoms with Crippen LogP contribution in [0.15, 0.2) is 60.7 Å². The molecule has 2 aliphatic rings. The largest absolute Gasteiger partial charge is 0.411 e. The fourth-order valence-electron chi connectivity index (χ4n) is 6.48.